The highest BCUT2D eigenvalue weighted by atomic mass is 16.4. The normalized spacial score (nSPS) is 11.5. The molecule has 12 rings (SSSR count). The van der Waals surface area contributed by atoms with E-state index in [0.717, 1.165) is 130 Å². The molecule has 0 radical (unpaired) electrons. The summed E-state index contributed by atoms with van der Waals surface area (Å²) in [6, 6.07) is 35.7. The van der Waals surface area contributed by atoms with Gasteiger partial charge in [0.2, 0.25) is 0 Å². The standard InChI is InChI=1S/C31H33N5O2.C20H30N2O2.C12H9N3.C9H7NO2/c1-3-5-7-16-35(15-6-4-2)31(38)36-17-13-24-25(11-8-12-28(24)36)29(37)27-21-34-30-26(27)18-23(20-33-30)22-10-9-14-32-19-22;1-4-6-8-14-21(13-7-5-2)16(3)22-15-12-17-18(20(23)24)10-9-11-19(17)22;1-2-10(7-13-4-1)11-6-9-3-5-14-12(9)15-8-11;11-9(12)7-2-1-3-8-6(7)4-5-10-8/h8-14,17-21H,3-7,15-16H2,1-2H3,(H,33,34);9-12,15-16H,4-8,13-14H2,1-3H3,(H,23,24);1-8H,(H,14,15);1-5,10H,(H,11,12). The molecule has 3 aromatic carbocycles. The van der Waals surface area contributed by atoms with Crippen LogP contribution >= 0.6 is 0 Å². The number of carboxylic acid groups (broad SMARTS) is 2. The molecule has 89 heavy (non-hydrogen) atoms. The molecule has 17 heteroatoms. The van der Waals surface area contributed by atoms with Crippen LogP contribution in [0, 0.1) is 0 Å². The van der Waals surface area contributed by atoms with Gasteiger partial charge in [-0.3, -0.25) is 24.2 Å². The number of aromatic nitrogens is 9. The second kappa shape index (κ2) is 31.1. The zero-order valence-corrected chi connectivity index (χ0v) is 51.4. The number of aromatic carboxylic acids is 2. The van der Waals surface area contributed by atoms with Gasteiger partial charge >= 0.3 is 18.0 Å². The molecule has 0 saturated heterocycles. The fraction of sp³-hybridized carbons (Fsp3) is 0.278. The molecule has 0 aliphatic heterocycles. The van der Waals surface area contributed by atoms with E-state index >= 15 is 0 Å². The summed E-state index contributed by atoms with van der Waals surface area (Å²) in [5.41, 5.74) is 10.0. The van der Waals surface area contributed by atoms with Crippen LogP contribution in [0.15, 0.2) is 183 Å². The number of ketones is 1. The molecule has 1 amide bonds. The highest BCUT2D eigenvalue weighted by Gasteiger charge is 2.23. The van der Waals surface area contributed by atoms with Gasteiger partial charge in [0.05, 0.1) is 28.3 Å². The number of H-pyrrole nitrogens is 3. The van der Waals surface area contributed by atoms with E-state index in [0.29, 0.717) is 27.9 Å². The molecule has 1 atom stereocenters. The highest BCUT2D eigenvalue weighted by Crippen LogP contribution is 2.31. The van der Waals surface area contributed by atoms with Gasteiger partial charge in [0.25, 0.3) is 0 Å². The Morgan fingerprint density at radius 1 is 0.506 bits per heavy atom. The Labute approximate surface area is 518 Å². The molecule has 0 spiro atoms. The number of carbonyl (C=O) groups is 4. The van der Waals surface area contributed by atoms with Gasteiger partial charge in [-0.25, -0.2) is 24.4 Å². The predicted octanol–water partition coefficient (Wildman–Crippen LogP) is 16.7. The first-order valence-corrected chi connectivity index (χ1v) is 31.0. The number of unbranched alkanes of at least 4 members (excludes halogenated alkanes) is 6. The number of carbonyl (C=O) groups excluding carboxylic acids is 2. The largest absolute Gasteiger partial charge is 0.478 e. The number of nitrogens with one attached hydrogen (secondary N) is 3. The Hall–Kier alpha value is -10.0. The van der Waals surface area contributed by atoms with Crippen LogP contribution in [0.25, 0.3) is 77.0 Å². The Morgan fingerprint density at radius 2 is 1.08 bits per heavy atom. The van der Waals surface area contributed by atoms with Crippen molar-refractivity contribution in [2.75, 3.05) is 26.2 Å². The van der Waals surface area contributed by atoms with Crippen LogP contribution in [0.2, 0.25) is 0 Å². The van der Waals surface area contributed by atoms with E-state index in [1.165, 1.54) is 32.1 Å². The summed E-state index contributed by atoms with van der Waals surface area (Å²) in [5.74, 6) is -1.86. The zero-order valence-electron chi connectivity index (χ0n) is 51.4. The molecular formula is C72H79N11O6. The van der Waals surface area contributed by atoms with E-state index in [-0.39, 0.29) is 18.0 Å². The van der Waals surface area contributed by atoms with Gasteiger partial charge in [0.15, 0.2) is 5.78 Å². The fourth-order valence-corrected chi connectivity index (χ4v) is 11.1. The third-order valence-electron chi connectivity index (χ3n) is 16.0. The lowest BCUT2D eigenvalue weighted by Crippen LogP contribution is -2.36. The summed E-state index contributed by atoms with van der Waals surface area (Å²) in [7, 11) is 0. The quantitative estimate of drug-likeness (QED) is 0.0317. The van der Waals surface area contributed by atoms with Crippen LogP contribution in [-0.4, -0.2) is 114 Å². The fourth-order valence-electron chi connectivity index (χ4n) is 11.1. The molecule has 9 heterocycles. The summed E-state index contributed by atoms with van der Waals surface area (Å²) in [6.45, 7) is 14.6. The van der Waals surface area contributed by atoms with E-state index < -0.39 is 11.9 Å². The maximum Gasteiger partial charge on any atom is 0.336 e. The lowest BCUT2D eigenvalue weighted by molar-refractivity contribution is 0.0688. The lowest BCUT2D eigenvalue weighted by atomic mass is 9.99. The van der Waals surface area contributed by atoms with Crippen molar-refractivity contribution >= 4 is 78.5 Å². The SMILES string of the molecule is CCCCCN(CCCC)C(=O)n1ccc2c(C(=O)c3c[nH]c4ncc(-c5cccnc5)cc34)cccc21.CCCCCN(CCCC)C(C)n1ccc2c(C(=O)O)cccc21.O=C(O)c1cccc2[nH]ccc12.c1cncc(-c2cnc3[nH]ccc3c2)c1. The van der Waals surface area contributed by atoms with Crippen molar-refractivity contribution < 1.29 is 29.4 Å². The van der Waals surface area contributed by atoms with Crippen molar-refractivity contribution in [3.63, 3.8) is 0 Å². The minimum absolute atomic E-state index is 0.0356. The number of hydrogen-bond acceptors (Lipinski definition) is 9. The minimum atomic E-state index is -0.889. The molecule has 0 aliphatic carbocycles. The maximum atomic E-state index is 13.8. The van der Waals surface area contributed by atoms with E-state index in [4.69, 9.17) is 5.11 Å². The zero-order chi connectivity index (χ0) is 62.7. The molecule has 5 N–H and O–H groups in total. The number of amides is 1. The molecule has 9 aromatic heterocycles. The maximum absolute atomic E-state index is 13.8. The summed E-state index contributed by atoms with van der Waals surface area (Å²) >= 11 is 0. The highest BCUT2D eigenvalue weighted by molar-refractivity contribution is 6.21. The Bertz CT molecular complexity index is 4270. The smallest absolute Gasteiger partial charge is 0.336 e. The first kappa shape index (κ1) is 63.5. The van der Waals surface area contributed by atoms with Crippen molar-refractivity contribution in [1.29, 1.82) is 0 Å². The monoisotopic (exact) mass is 1190 g/mol. The number of hydrogen-bond donors (Lipinski definition) is 5. The Kier molecular flexibility index (Phi) is 22.2. The molecule has 458 valence electrons. The van der Waals surface area contributed by atoms with E-state index in [1.54, 1.807) is 72.2 Å². The van der Waals surface area contributed by atoms with E-state index in [1.807, 2.05) is 115 Å². The van der Waals surface area contributed by atoms with Gasteiger partial charge in [0, 0.05) is 160 Å². The molecule has 0 aliphatic rings. The van der Waals surface area contributed by atoms with Crippen molar-refractivity contribution in [2.45, 2.75) is 105 Å². The molecule has 0 bridgehead atoms. The number of nitrogens with zero attached hydrogens (tertiary/aromatic N) is 8. The summed E-state index contributed by atoms with van der Waals surface area (Å²) in [5, 5.41) is 22.4. The second-order valence-corrected chi connectivity index (χ2v) is 22.1. The van der Waals surface area contributed by atoms with Gasteiger partial charge < -0.3 is 34.6 Å². The third kappa shape index (κ3) is 15.4. The average molecular weight is 1190 g/mol. The van der Waals surface area contributed by atoms with Crippen LogP contribution in [0.3, 0.4) is 0 Å². The van der Waals surface area contributed by atoms with Crippen LogP contribution < -0.4 is 0 Å². The van der Waals surface area contributed by atoms with Crippen molar-refractivity contribution in [3.05, 3.63) is 206 Å². The number of rotatable bonds is 22. The number of carboxylic acids is 2. The number of pyridine rings is 4. The molecule has 12 aromatic rings. The first-order valence-electron chi connectivity index (χ1n) is 31.0. The average Bonchev–Trinajstić information content (AvgIpc) is 2.83. The topological polar surface area (TPSA) is 224 Å². The van der Waals surface area contributed by atoms with Crippen molar-refractivity contribution in [3.8, 4) is 22.3 Å². The Morgan fingerprint density at radius 3 is 1.75 bits per heavy atom. The molecular weight excluding hydrogens is 1110 g/mol. The van der Waals surface area contributed by atoms with E-state index in [2.05, 4.69) is 85.0 Å². The van der Waals surface area contributed by atoms with E-state index in [9.17, 15) is 24.3 Å². The Balaban J connectivity index is 0.000000156. The molecule has 1 unspecified atom stereocenters. The molecule has 0 fully saturated rings. The van der Waals surface area contributed by atoms with Crippen molar-refractivity contribution in [1.82, 2.24) is 53.8 Å². The van der Waals surface area contributed by atoms with Gasteiger partial charge in [0.1, 0.15) is 11.3 Å². The van der Waals surface area contributed by atoms with Gasteiger partial charge in [-0.15, -0.1) is 0 Å². The lowest BCUT2D eigenvalue weighted by Gasteiger charge is -2.31. The second-order valence-electron chi connectivity index (χ2n) is 22.1. The predicted molar refractivity (Wildman–Crippen MR) is 356 cm³/mol. The molecule has 0 saturated carbocycles. The van der Waals surface area contributed by atoms with Crippen molar-refractivity contribution in [2.24, 2.45) is 0 Å². The molecule has 17 nitrogen and oxygen atoms in total. The summed E-state index contributed by atoms with van der Waals surface area (Å²) < 4.78 is 3.90. The third-order valence-corrected chi connectivity index (χ3v) is 16.0. The number of benzene rings is 3. The summed E-state index contributed by atoms with van der Waals surface area (Å²) in [4.78, 5) is 80.3. The van der Waals surface area contributed by atoms with Gasteiger partial charge in [-0.1, -0.05) is 103 Å². The van der Waals surface area contributed by atoms with Crippen LogP contribution in [-0.2, 0) is 0 Å². The first-order chi connectivity index (χ1) is 43.4. The van der Waals surface area contributed by atoms with Crippen LogP contribution in [0.1, 0.15) is 142 Å². The minimum Gasteiger partial charge on any atom is -0.478 e. The van der Waals surface area contributed by atoms with Gasteiger partial charge in [-0.2, -0.15) is 0 Å². The number of fused-ring (bicyclic) bond motifs is 5. The number of aromatic amines is 3. The van der Waals surface area contributed by atoms with Crippen LogP contribution in [0.5, 0.6) is 0 Å². The van der Waals surface area contributed by atoms with Gasteiger partial charge in [-0.05, 0) is 111 Å². The van der Waals surface area contributed by atoms with Crippen LogP contribution in [0.4, 0.5) is 4.79 Å². The summed E-state index contributed by atoms with van der Waals surface area (Å²) in [6.07, 6.45) is 31.4.